The number of furan rings is 1. The fourth-order valence-corrected chi connectivity index (χ4v) is 9.56. The molecule has 3 nitrogen and oxygen atoms in total. The number of nitrogens with zero attached hydrogens (tertiary/aromatic N) is 2. The van der Waals surface area contributed by atoms with E-state index in [0.717, 1.165) is 55.6 Å². The van der Waals surface area contributed by atoms with Crippen molar-refractivity contribution >= 4 is 71.6 Å². The maximum atomic E-state index is 6.53. The first-order chi connectivity index (χ1) is 30.3. The van der Waals surface area contributed by atoms with Gasteiger partial charge in [0, 0.05) is 32.9 Å². The highest BCUT2D eigenvalue weighted by Gasteiger charge is 2.24. The average molecular weight is 779 g/mol. The molecule has 0 saturated heterocycles. The summed E-state index contributed by atoms with van der Waals surface area (Å²) in [6.45, 7) is 0. The second-order valence-corrected chi connectivity index (χ2v) is 15.6. The van der Waals surface area contributed by atoms with E-state index in [0.29, 0.717) is 0 Å². The monoisotopic (exact) mass is 778 g/mol. The third-order valence-electron chi connectivity index (χ3n) is 12.2. The summed E-state index contributed by atoms with van der Waals surface area (Å²) in [7, 11) is 0. The molecule has 0 saturated carbocycles. The molecule has 0 aliphatic heterocycles. The normalized spacial score (nSPS) is 11.6. The van der Waals surface area contributed by atoms with Crippen molar-refractivity contribution in [2.45, 2.75) is 0 Å². The molecule has 0 spiro atoms. The lowest BCUT2D eigenvalue weighted by molar-refractivity contribution is 0.669. The highest BCUT2D eigenvalue weighted by molar-refractivity contribution is 6.20. The van der Waals surface area contributed by atoms with Crippen molar-refractivity contribution in [2.75, 3.05) is 4.90 Å². The van der Waals surface area contributed by atoms with Crippen LogP contribution >= 0.6 is 0 Å². The van der Waals surface area contributed by atoms with E-state index in [2.05, 4.69) is 234 Å². The Labute approximate surface area is 353 Å². The molecule has 286 valence electrons. The molecule has 2 aromatic heterocycles. The largest absolute Gasteiger partial charge is 0.456 e. The molecule has 3 heteroatoms. The minimum absolute atomic E-state index is 0.857. The van der Waals surface area contributed by atoms with E-state index in [-0.39, 0.29) is 0 Å². The molecule has 0 aliphatic rings. The van der Waals surface area contributed by atoms with Crippen molar-refractivity contribution in [1.82, 2.24) is 4.57 Å². The minimum atomic E-state index is 0.857. The van der Waals surface area contributed by atoms with Crippen molar-refractivity contribution in [3.8, 4) is 39.1 Å². The predicted octanol–water partition coefficient (Wildman–Crippen LogP) is 16.3. The zero-order valence-electron chi connectivity index (χ0n) is 33.2. The summed E-state index contributed by atoms with van der Waals surface area (Å²) >= 11 is 0. The molecule has 12 rings (SSSR count). The molecule has 0 bridgehead atoms. The van der Waals surface area contributed by atoms with Crippen molar-refractivity contribution in [3.05, 3.63) is 231 Å². The quantitative estimate of drug-likeness (QED) is 0.161. The summed E-state index contributed by atoms with van der Waals surface area (Å²) in [5.41, 5.74) is 15.6. The van der Waals surface area contributed by atoms with E-state index in [1.807, 2.05) is 6.07 Å². The Bertz CT molecular complexity index is 3580. The van der Waals surface area contributed by atoms with Gasteiger partial charge in [-0.25, -0.2) is 0 Å². The van der Waals surface area contributed by atoms with Gasteiger partial charge < -0.3 is 13.9 Å². The van der Waals surface area contributed by atoms with Crippen LogP contribution < -0.4 is 4.90 Å². The van der Waals surface area contributed by atoms with Gasteiger partial charge in [-0.15, -0.1) is 0 Å². The van der Waals surface area contributed by atoms with Crippen LogP contribution in [0.4, 0.5) is 17.1 Å². The number of fused-ring (bicyclic) bond motifs is 7. The predicted molar refractivity (Wildman–Crippen MR) is 257 cm³/mol. The van der Waals surface area contributed by atoms with E-state index in [1.54, 1.807) is 0 Å². The van der Waals surface area contributed by atoms with Gasteiger partial charge in [0.15, 0.2) is 0 Å². The van der Waals surface area contributed by atoms with Crippen molar-refractivity contribution in [3.63, 3.8) is 0 Å². The van der Waals surface area contributed by atoms with Gasteiger partial charge in [0.1, 0.15) is 11.2 Å². The van der Waals surface area contributed by atoms with E-state index in [9.17, 15) is 0 Å². The fourth-order valence-electron chi connectivity index (χ4n) is 9.56. The van der Waals surface area contributed by atoms with Crippen LogP contribution in [0.3, 0.4) is 0 Å². The Hall–Kier alpha value is -8.14. The Morgan fingerprint density at radius 1 is 0.328 bits per heavy atom. The molecule has 0 amide bonds. The molecule has 10 aromatic carbocycles. The van der Waals surface area contributed by atoms with Gasteiger partial charge in [0.25, 0.3) is 0 Å². The summed E-state index contributed by atoms with van der Waals surface area (Å²) in [6.07, 6.45) is 0. The van der Waals surface area contributed by atoms with Gasteiger partial charge in [-0.2, -0.15) is 0 Å². The number of benzene rings is 10. The van der Waals surface area contributed by atoms with Crippen LogP contribution in [-0.2, 0) is 0 Å². The van der Waals surface area contributed by atoms with E-state index in [4.69, 9.17) is 4.42 Å². The Balaban J connectivity index is 1.14. The van der Waals surface area contributed by atoms with Gasteiger partial charge in [-0.05, 0) is 99.4 Å². The topological polar surface area (TPSA) is 21.3 Å². The van der Waals surface area contributed by atoms with E-state index in [1.165, 1.54) is 55.0 Å². The van der Waals surface area contributed by atoms with Crippen LogP contribution in [-0.4, -0.2) is 4.57 Å². The zero-order valence-corrected chi connectivity index (χ0v) is 33.2. The molecule has 0 N–H and O–H groups in total. The highest BCUT2D eigenvalue weighted by atomic mass is 16.3. The molecule has 12 aromatic rings. The third kappa shape index (κ3) is 5.66. The molecular weight excluding hydrogens is 741 g/mol. The summed E-state index contributed by atoms with van der Waals surface area (Å²) in [5.74, 6) is 0. The SMILES string of the molecule is c1ccc(-c2ccc(N(c3ccc(-c4cccc5c4c4ccccc4n5-c4ccccc4)c4ccccc34)c3cccc4oc5ccccc5c34)cc2-c2ccccc2)cc1. The molecule has 61 heavy (non-hydrogen) atoms. The average Bonchev–Trinajstić information content (AvgIpc) is 3.89. The van der Waals surface area contributed by atoms with Crippen LogP contribution in [0, 0.1) is 0 Å². The summed E-state index contributed by atoms with van der Waals surface area (Å²) in [5, 5.41) is 6.99. The minimum Gasteiger partial charge on any atom is -0.456 e. The van der Waals surface area contributed by atoms with Gasteiger partial charge >= 0.3 is 0 Å². The van der Waals surface area contributed by atoms with Gasteiger partial charge in [-0.1, -0.05) is 170 Å². The van der Waals surface area contributed by atoms with Crippen LogP contribution in [0.25, 0.3) is 93.6 Å². The Morgan fingerprint density at radius 3 is 1.70 bits per heavy atom. The third-order valence-corrected chi connectivity index (χ3v) is 12.2. The molecule has 0 aliphatic carbocycles. The van der Waals surface area contributed by atoms with Crippen LogP contribution in [0.15, 0.2) is 235 Å². The summed E-state index contributed by atoms with van der Waals surface area (Å²) in [6, 6.07) is 82.9. The number of hydrogen-bond acceptors (Lipinski definition) is 2. The molecule has 0 fully saturated rings. The summed E-state index contributed by atoms with van der Waals surface area (Å²) in [4.78, 5) is 2.44. The van der Waals surface area contributed by atoms with Gasteiger partial charge in [0.2, 0.25) is 0 Å². The lowest BCUT2D eigenvalue weighted by Gasteiger charge is -2.29. The van der Waals surface area contributed by atoms with E-state index < -0.39 is 0 Å². The number of hydrogen-bond donors (Lipinski definition) is 0. The lowest BCUT2D eigenvalue weighted by Crippen LogP contribution is -2.11. The van der Waals surface area contributed by atoms with E-state index >= 15 is 0 Å². The van der Waals surface area contributed by atoms with Crippen LogP contribution in [0.2, 0.25) is 0 Å². The standard InChI is InChI=1S/C58H38N2O/c1-4-18-39(19-5-1)43-35-34-42(38-50(43)40-20-6-2-7-21-40)60(54-31-17-33-56-58(54)49-27-13-15-32-55(49)61-56)52-37-36-45(44-24-10-11-25-46(44)52)47-28-16-30-53-57(47)48-26-12-14-29-51(48)59(53)41-22-8-3-9-23-41/h1-38H. The van der Waals surface area contributed by atoms with Crippen LogP contribution in [0.1, 0.15) is 0 Å². The second kappa shape index (κ2) is 14.3. The Kier molecular flexibility index (Phi) is 8.17. The summed E-state index contributed by atoms with van der Waals surface area (Å²) < 4.78 is 8.93. The van der Waals surface area contributed by atoms with Gasteiger partial charge in [0.05, 0.1) is 27.8 Å². The van der Waals surface area contributed by atoms with Crippen LogP contribution in [0.5, 0.6) is 0 Å². The zero-order chi connectivity index (χ0) is 40.3. The number of rotatable bonds is 7. The maximum Gasteiger partial charge on any atom is 0.137 e. The highest BCUT2D eigenvalue weighted by Crippen LogP contribution is 2.49. The van der Waals surface area contributed by atoms with Gasteiger partial charge in [-0.3, -0.25) is 0 Å². The molecule has 2 heterocycles. The smallest absolute Gasteiger partial charge is 0.137 e. The Morgan fingerprint density at radius 2 is 0.918 bits per heavy atom. The lowest BCUT2D eigenvalue weighted by atomic mass is 9.92. The maximum absolute atomic E-state index is 6.53. The second-order valence-electron chi connectivity index (χ2n) is 15.6. The first kappa shape index (κ1) is 34.9. The molecule has 0 radical (unpaired) electrons. The van der Waals surface area contributed by atoms with Crippen molar-refractivity contribution in [1.29, 1.82) is 0 Å². The number of para-hydroxylation sites is 3. The first-order valence-corrected chi connectivity index (χ1v) is 20.9. The number of aromatic nitrogens is 1. The first-order valence-electron chi connectivity index (χ1n) is 20.9. The molecular formula is C58H38N2O. The molecule has 0 atom stereocenters. The van der Waals surface area contributed by atoms with Crippen molar-refractivity contribution in [2.24, 2.45) is 0 Å². The molecule has 0 unspecified atom stereocenters. The number of anilines is 3. The fraction of sp³-hybridized carbons (Fsp3) is 0. The van der Waals surface area contributed by atoms with Crippen molar-refractivity contribution < 1.29 is 4.42 Å².